The van der Waals surface area contributed by atoms with Crippen molar-refractivity contribution in [1.29, 1.82) is 0 Å². The Morgan fingerprint density at radius 3 is 2.48 bits per heavy atom. The fraction of sp³-hybridized carbons (Fsp3) is 0.500. The molecule has 0 atom stereocenters. The number of piperazine rings is 1. The van der Waals surface area contributed by atoms with Crippen LogP contribution in [0.3, 0.4) is 0 Å². The van der Waals surface area contributed by atoms with Crippen molar-refractivity contribution in [2.45, 2.75) is 19.8 Å². The van der Waals surface area contributed by atoms with Gasteiger partial charge in [0, 0.05) is 56.8 Å². The third-order valence-corrected chi connectivity index (χ3v) is 3.68. The Morgan fingerprint density at radius 2 is 1.86 bits per heavy atom. The number of anilines is 1. The molecular formula is C16H23N3O2. The quantitative estimate of drug-likeness (QED) is 0.779. The summed E-state index contributed by atoms with van der Waals surface area (Å²) < 4.78 is 0. The molecular weight excluding hydrogens is 266 g/mol. The number of ketones is 1. The molecule has 1 heterocycles. The predicted octanol–water partition coefficient (Wildman–Crippen LogP) is 1.51. The van der Waals surface area contributed by atoms with Crippen LogP contribution in [0.5, 0.6) is 0 Å². The van der Waals surface area contributed by atoms with Gasteiger partial charge in [-0.2, -0.15) is 0 Å². The van der Waals surface area contributed by atoms with Crippen molar-refractivity contribution < 1.29 is 9.59 Å². The van der Waals surface area contributed by atoms with E-state index < -0.39 is 0 Å². The van der Waals surface area contributed by atoms with E-state index in [1.807, 2.05) is 6.92 Å². The zero-order valence-corrected chi connectivity index (χ0v) is 12.5. The first-order chi connectivity index (χ1) is 10.2. The van der Waals surface area contributed by atoms with Gasteiger partial charge in [-0.05, 0) is 24.3 Å². The molecule has 0 radical (unpaired) electrons. The zero-order chi connectivity index (χ0) is 15.1. The van der Waals surface area contributed by atoms with Gasteiger partial charge >= 0.3 is 0 Å². The molecule has 114 valence electrons. The molecule has 0 aromatic heterocycles. The molecule has 21 heavy (non-hydrogen) atoms. The monoisotopic (exact) mass is 289 g/mol. The van der Waals surface area contributed by atoms with Gasteiger partial charge in [0.2, 0.25) is 5.91 Å². The minimum Gasteiger partial charge on any atom is -0.326 e. The number of carbonyl (C=O) groups is 2. The molecule has 1 aliphatic rings. The minimum atomic E-state index is -0.0206. The topological polar surface area (TPSA) is 61.4 Å². The summed E-state index contributed by atoms with van der Waals surface area (Å²) in [6.07, 6.45) is 0.992. The molecule has 1 saturated heterocycles. The average molecular weight is 289 g/mol. The first kappa shape index (κ1) is 15.7. The molecule has 0 saturated carbocycles. The van der Waals surface area contributed by atoms with Gasteiger partial charge in [0.15, 0.2) is 5.78 Å². The van der Waals surface area contributed by atoms with Gasteiger partial charge in [-0.3, -0.25) is 9.59 Å². The minimum absolute atomic E-state index is 0.0206. The molecule has 5 heteroatoms. The Hall–Kier alpha value is -1.72. The van der Waals surface area contributed by atoms with Crippen molar-refractivity contribution in [3.63, 3.8) is 0 Å². The van der Waals surface area contributed by atoms with E-state index in [1.54, 1.807) is 24.3 Å². The number of hydrogen-bond acceptors (Lipinski definition) is 4. The van der Waals surface area contributed by atoms with Crippen molar-refractivity contribution in [2.75, 3.05) is 38.0 Å². The normalized spacial score (nSPS) is 15.7. The van der Waals surface area contributed by atoms with Crippen LogP contribution in [0.15, 0.2) is 24.3 Å². The summed E-state index contributed by atoms with van der Waals surface area (Å²) in [5.74, 6) is 0.134. The standard InChI is InChI=1S/C16H23N3O2/c1-2-16(21)18-14-5-3-13(4-6-14)15(20)7-10-19-11-8-17-9-12-19/h3-6,17H,2,7-12H2,1H3,(H,18,21). The lowest BCUT2D eigenvalue weighted by Crippen LogP contribution is -2.44. The Kier molecular flexibility index (Phi) is 5.90. The van der Waals surface area contributed by atoms with Crippen molar-refractivity contribution >= 4 is 17.4 Å². The fourth-order valence-electron chi connectivity index (χ4n) is 2.33. The van der Waals surface area contributed by atoms with Crippen LogP contribution in [0.25, 0.3) is 0 Å². The van der Waals surface area contributed by atoms with Crippen LogP contribution >= 0.6 is 0 Å². The van der Waals surface area contributed by atoms with Crippen LogP contribution in [-0.2, 0) is 4.79 Å². The molecule has 5 nitrogen and oxygen atoms in total. The van der Waals surface area contributed by atoms with Crippen LogP contribution in [0, 0.1) is 0 Å². The zero-order valence-electron chi connectivity index (χ0n) is 12.5. The second kappa shape index (κ2) is 7.90. The summed E-state index contributed by atoms with van der Waals surface area (Å²) >= 11 is 0. The number of amides is 1. The predicted molar refractivity (Wildman–Crippen MR) is 83.6 cm³/mol. The van der Waals surface area contributed by atoms with Crippen molar-refractivity contribution in [1.82, 2.24) is 10.2 Å². The van der Waals surface area contributed by atoms with Gasteiger partial charge in [-0.1, -0.05) is 6.92 Å². The van der Waals surface area contributed by atoms with Crippen LogP contribution in [0.1, 0.15) is 30.1 Å². The van der Waals surface area contributed by atoms with Crippen molar-refractivity contribution in [2.24, 2.45) is 0 Å². The van der Waals surface area contributed by atoms with Crippen LogP contribution < -0.4 is 10.6 Å². The third-order valence-electron chi connectivity index (χ3n) is 3.68. The summed E-state index contributed by atoms with van der Waals surface area (Å²) in [7, 11) is 0. The van der Waals surface area contributed by atoms with Crippen LogP contribution in [-0.4, -0.2) is 49.3 Å². The maximum absolute atomic E-state index is 12.1. The molecule has 0 bridgehead atoms. The molecule has 0 unspecified atom stereocenters. The number of nitrogens with zero attached hydrogens (tertiary/aromatic N) is 1. The highest BCUT2D eigenvalue weighted by molar-refractivity contribution is 5.97. The molecule has 0 spiro atoms. The summed E-state index contributed by atoms with van der Waals surface area (Å²) in [5.41, 5.74) is 1.44. The summed E-state index contributed by atoms with van der Waals surface area (Å²) in [6.45, 7) is 6.64. The molecule has 2 rings (SSSR count). The van der Waals surface area contributed by atoms with E-state index >= 15 is 0 Å². The first-order valence-corrected chi connectivity index (χ1v) is 7.55. The Bertz CT molecular complexity index is 479. The lowest BCUT2D eigenvalue weighted by atomic mass is 10.1. The largest absolute Gasteiger partial charge is 0.326 e. The number of rotatable bonds is 6. The number of nitrogens with one attached hydrogen (secondary N) is 2. The van der Waals surface area contributed by atoms with Crippen LogP contribution in [0.2, 0.25) is 0 Å². The van der Waals surface area contributed by atoms with Gasteiger partial charge in [0.1, 0.15) is 0 Å². The second-order valence-electron chi connectivity index (χ2n) is 5.24. The molecule has 0 aliphatic carbocycles. The van der Waals surface area contributed by atoms with Crippen LogP contribution in [0.4, 0.5) is 5.69 Å². The first-order valence-electron chi connectivity index (χ1n) is 7.55. The second-order valence-corrected chi connectivity index (χ2v) is 5.24. The average Bonchev–Trinajstić information content (AvgIpc) is 2.54. The third kappa shape index (κ3) is 4.95. The molecule has 1 aliphatic heterocycles. The fourth-order valence-corrected chi connectivity index (χ4v) is 2.33. The van der Waals surface area contributed by atoms with Crippen molar-refractivity contribution in [3.05, 3.63) is 29.8 Å². The lowest BCUT2D eigenvalue weighted by molar-refractivity contribution is -0.115. The van der Waals surface area contributed by atoms with E-state index in [1.165, 1.54) is 0 Å². The Labute approximate surface area is 125 Å². The molecule has 2 N–H and O–H groups in total. The number of benzene rings is 1. The highest BCUT2D eigenvalue weighted by Gasteiger charge is 2.12. The van der Waals surface area contributed by atoms with E-state index in [9.17, 15) is 9.59 Å². The molecule has 1 amide bonds. The maximum Gasteiger partial charge on any atom is 0.224 e. The number of Topliss-reactive ketones (excluding diaryl/α,β-unsaturated/α-hetero) is 1. The highest BCUT2D eigenvalue weighted by Crippen LogP contribution is 2.12. The van der Waals surface area contributed by atoms with Gasteiger partial charge in [-0.25, -0.2) is 0 Å². The molecule has 1 fully saturated rings. The van der Waals surface area contributed by atoms with E-state index in [-0.39, 0.29) is 11.7 Å². The highest BCUT2D eigenvalue weighted by atomic mass is 16.1. The maximum atomic E-state index is 12.1. The number of carbonyl (C=O) groups excluding carboxylic acids is 2. The summed E-state index contributed by atoms with van der Waals surface area (Å²) in [5, 5.41) is 6.08. The van der Waals surface area contributed by atoms with Gasteiger partial charge in [0.25, 0.3) is 0 Å². The number of hydrogen-bond donors (Lipinski definition) is 2. The van der Waals surface area contributed by atoms with E-state index in [4.69, 9.17) is 0 Å². The molecule has 1 aromatic rings. The Balaban J connectivity index is 1.83. The lowest BCUT2D eigenvalue weighted by Gasteiger charge is -2.26. The molecule has 1 aromatic carbocycles. The van der Waals surface area contributed by atoms with Gasteiger partial charge in [0.05, 0.1) is 0 Å². The van der Waals surface area contributed by atoms with E-state index in [2.05, 4.69) is 15.5 Å². The van der Waals surface area contributed by atoms with Gasteiger partial charge in [-0.15, -0.1) is 0 Å². The van der Waals surface area contributed by atoms with E-state index in [0.29, 0.717) is 18.4 Å². The smallest absolute Gasteiger partial charge is 0.224 e. The summed E-state index contributed by atoms with van der Waals surface area (Å²) in [4.78, 5) is 25.7. The summed E-state index contributed by atoms with van der Waals surface area (Å²) in [6, 6.07) is 7.13. The van der Waals surface area contributed by atoms with E-state index in [0.717, 1.165) is 38.4 Å². The van der Waals surface area contributed by atoms with Gasteiger partial charge < -0.3 is 15.5 Å². The SMILES string of the molecule is CCC(=O)Nc1ccc(C(=O)CCN2CCNCC2)cc1. The Morgan fingerprint density at radius 1 is 1.19 bits per heavy atom. The van der Waals surface area contributed by atoms with Crippen molar-refractivity contribution in [3.8, 4) is 0 Å².